The van der Waals surface area contributed by atoms with Gasteiger partial charge in [-0.05, 0) is 18.6 Å². The normalized spacial score (nSPS) is 19.8. The fourth-order valence-electron chi connectivity index (χ4n) is 1.68. The van der Waals surface area contributed by atoms with Crippen molar-refractivity contribution in [1.82, 2.24) is 0 Å². The smallest absolute Gasteiger partial charge is 0.233 e. The van der Waals surface area contributed by atoms with Crippen LogP contribution in [-0.2, 0) is 4.79 Å². The van der Waals surface area contributed by atoms with Crippen molar-refractivity contribution in [3.63, 3.8) is 0 Å². The average molecular weight is 176 g/mol. The Labute approximate surface area is 76.9 Å². The zero-order valence-corrected chi connectivity index (χ0v) is 7.50. The van der Waals surface area contributed by atoms with Gasteiger partial charge in [0.05, 0.1) is 5.92 Å². The maximum atomic E-state index is 11.4. The van der Waals surface area contributed by atoms with E-state index in [1.54, 1.807) is 0 Å². The molecular formula is C10H12N2O. The van der Waals surface area contributed by atoms with Crippen LogP contribution in [0, 0.1) is 6.92 Å². The second kappa shape index (κ2) is 2.85. The van der Waals surface area contributed by atoms with Crippen LogP contribution in [0.25, 0.3) is 0 Å². The van der Waals surface area contributed by atoms with Gasteiger partial charge in [-0.2, -0.15) is 0 Å². The molecule has 0 aliphatic carbocycles. The number of amides is 1. The molecule has 0 unspecified atom stereocenters. The number of carbonyl (C=O) groups is 1. The van der Waals surface area contributed by atoms with E-state index in [-0.39, 0.29) is 11.8 Å². The zero-order valence-electron chi connectivity index (χ0n) is 7.50. The molecule has 1 amide bonds. The van der Waals surface area contributed by atoms with E-state index in [2.05, 4.69) is 5.32 Å². The van der Waals surface area contributed by atoms with Gasteiger partial charge in [0.15, 0.2) is 0 Å². The lowest BCUT2D eigenvalue weighted by Gasteiger charge is -2.04. The summed E-state index contributed by atoms with van der Waals surface area (Å²) in [5, 5.41) is 2.81. The summed E-state index contributed by atoms with van der Waals surface area (Å²) in [6.07, 6.45) is 0. The van der Waals surface area contributed by atoms with Crippen LogP contribution in [0.4, 0.5) is 5.69 Å². The van der Waals surface area contributed by atoms with Crippen molar-refractivity contribution < 1.29 is 4.79 Å². The molecule has 1 aromatic carbocycles. The van der Waals surface area contributed by atoms with Crippen molar-refractivity contribution in [2.45, 2.75) is 12.8 Å². The SMILES string of the molecule is Cc1ccc2c(c1)[C@@H](CN)C(=O)N2. The molecule has 1 aliphatic heterocycles. The summed E-state index contributed by atoms with van der Waals surface area (Å²) >= 11 is 0. The Balaban J connectivity index is 2.50. The van der Waals surface area contributed by atoms with Crippen molar-refractivity contribution in [3.8, 4) is 0 Å². The molecule has 2 rings (SSSR count). The first kappa shape index (κ1) is 8.26. The lowest BCUT2D eigenvalue weighted by Crippen LogP contribution is -2.20. The van der Waals surface area contributed by atoms with E-state index in [0.717, 1.165) is 16.8 Å². The fourth-order valence-corrected chi connectivity index (χ4v) is 1.68. The summed E-state index contributed by atoms with van der Waals surface area (Å²) in [5.41, 5.74) is 8.63. The zero-order chi connectivity index (χ0) is 9.42. The molecule has 68 valence electrons. The largest absolute Gasteiger partial charge is 0.329 e. The van der Waals surface area contributed by atoms with Crippen LogP contribution < -0.4 is 11.1 Å². The number of nitrogens with two attached hydrogens (primary N) is 1. The maximum Gasteiger partial charge on any atom is 0.233 e. The summed E-state index contributed by atoms with van der Waals surface area (Å²) in [7, 11) is 0. The van der Waals surface area contributed by atoms with Crippen LogP contribution in [0.1, 0.15) is 17.0 Å². The molecule has 3 nitrogen and oxygen atoms in total. The molecule has 0 saturated carbocycles. The van der Waals surface area contributed by atoms with Gasteiger partial charge in [-0.15, -0.1) is 0 Å². The summed E-state index contributed by atoms with van der Waals surface area (Å²) in [6.45, 7) is 2.39. The van der Waals surface area contributed by atoms with Gasteiger partial charge in [-0.25, -0.2) is 0 Å². The van der Waals surface area contributed by atoms with E-state index in [4.69, 9.17) is 5.73 Å². The number of benzene rings is 1. The lowest BCUT2D eigenvalue weighted by atomic mass is 9.99. The van der Waals surface area contributed by atoms with Crippen LogP contribution >= 0.6 is 0 Å². The third-order valence-corrected chi connectivity index (χ3v) is 2.39. The number of hydrogen-bond donors (Lipinski definition) is 2. The molecule has 3 heteroatoms. The van der Waals surface area contributed by atoms with Crippen molar-refractivity contribution in [2.24, 2.45) is 5.73 Å². The summed E-state index contributed by atoms with van der Waals surface area (Å²) in [5.74, 6) is -0.141. The minimum Gasteiger partial charge on any atom is -0.329 e. The number of fused-ring (bicyclic) bond motifs is 1. The molecule has 0 radical (unpaired) electrons. The monoisotopic (exact) mass is 176 g/mol. The quantitative estimate of drug-likeness (QED) is 0.670. The van der Waals surface area contributed by atoms with E-state index in [9.17, 15) is 4.79 Å². The van der Waals surface area contributed by atoms with Gasteiger partial charge in [0.1, 0.15) is 0 Å². The van der Waals surface area contributed by atoms with Crippen LogP contribution in [0.2, 0.25) is 0 Å². The first-order valence-corrected chi connectivity index (χ1v) is 4.34. The maximum absolute atomic E-state index is 11.4. The first-order chi connectivity index (χ1) is 6.22. The van der Waals surface area contributed by atoms with Crippen molar-refractivity contribution >= 4 is 11.6 Å². The highest BCUT2D eigenvalue weighted by Crippen LogP contribution is 2.32. The van der Waals surface area contributed by atoms with Gasteiger partial charge in [0.25, 0.3) is 0 Å². The summed E-state index contributed by atoms with van der Waals surface area (Å²) in [6, 6.07) is 5.93. The van der Waals surface area contributed by atoms with E-state index < -0.39 is 0 Å². The Morgan fingerprint density at radius 2 is 2.31 bits per heavy atom. The molecule has 0 bridgehead atoms. The van der Waals surface area contributed by atoms with E-state index in [1.807, 2.05) is 25.1 Å². The number of rotatable bonds is 1. The molecule has 0 spiro atoms. The number of anilines is 1. The Kier molecular flexibility index (Phi) is 1.81. The Morgan fingerprint density at radius 3 is 3.00 bits per heavy atom. The van der Waals surface area contributed by atoms with Crippen LogP contribution in [0.15, 0.2) is 18.2 Å². The Bertz CT molecular complexity index is 360. The van der Waals surface area contributed by atoms with Crippen LogP contribution in [-0.4, -0.2) is 12.5 Å². The molecule has 1 aromatic rings. The summed E-state index contributed by atoms with van der Waals surface area (Å²) < 4.78 is 0. The predicted molar refractivity (Wildman–Crippen MR) is 51.6 cm³/mol. The van der Waals surface area contributed by atoms with Gasteiger partial charge in [0.2, 0.25) is 5.91 Å². The first-order valence-electron chi connectivity index (χ1n) is 4.34. The molecule has 0 saturated heterocycles. The van der Waals surface area contributed by atoms with Crippen LogP contribution in [0.3, 0.4) is 0 Å². The Hall–Kier alpha value is -1.35. The highest BCUT2D eigenvalue weighted by Gasteiger charge is 2.28. The molecule has 1 aliphatic rings. The molecule has 1 heterocycles. The molecule has 0 fully saturated rings. The topological polar surface area (TPSA) is 55.1 Å². The molecule has 13 heavy (non-hydrogen) atoms. The molecule has 1 atom stereocenters. The van der Waals surface area contributed by atoms with E-state index >= 15 is 0 Å². The predicted octanol–water partition coefficient (Wildman–Crippen LogP) is 0.989. The lowest BCUT2D eigenvalue weighted by molar-refractivity contribution is -0.116. The standard InChI is InChI=1S/C10H12N2O/c1-6-2-3-9-7(4-6)8(5-11)10(13)12-9/h2-4,8H,5,11H2,1H3,(H,12,13)/t8-/m1/s1. The van der Waals surface area contributed by atoms with Gasteiger partial charge in [-0.1, -0.05) is 17.7 Å². The molecule has 0 aromatic heterocycles. The fraction of sp³-hybridized carbons (Fsp3) is 0.300. The van der Waals surface area contributed by atoms with Gasteiger partial charge in [-0.3, -0.25) is 4.79 Å². The summed E-state index contributed by atoms with van der Waals surface area (Å²) in [4.78, 5) is 11.4. The number of hydrogen-bond acceptors (Lipinski definition) is 2. The minimum absolute atomic E-state index is 0.0168. The molecule has 3 N–H and O–H groups in total. The number of nitrogens with one attached hydrogen (secondary N) is 1. The van der Waals surface area contributed by atoms with E-state index in [0.29, 0.717) is 6.54 Å². The molecular weight excluding hydrogens is 164 g/mol. The van der Waals surface area contributed by atoms with Gasteiger partial charge >= 0.3 is 0 Å². The van der Waals surface area contributed by atoms with E-state index in [1.165, 1.54) is 0 Å². The Morgan fingerprint density at radius 1 is 1.54 bits per heavy atom. The van der Waals surface area contributed by atoms with Crippen molar-refractivity contribution in [1.29, 1.82) is 0 Å². The third kappa shape index (κ3) is 1.21. The highest BCUT2D eigenvalue weighted by molar-refractivity contribution is 6.03. The van der Waals surface area contributed by atoms with Gasteiger partial charge < -0.3 is 11.1 Å². The minimum atomic E-state index is -0.158. The second-order valence-electron chi connectivity index (χ2n) is 3.37. The van der Waals surface area contributed by atoms with Crippen LogP contribution in [0.5, 0.6) is 0 Å². The number of aryl methyl sites for hydroxylation is 1. The highest BCUT2D eigenvalue weighted by atomic mass is 16.2. The number of carbonyl (C=O) groups excluding carboxylic acids is 1. The second-order valence-corrected chi connectivity index (χ2v) is 3.37. The van der Waals surface area contributed by atoms with Gasteiger partial charge in [0, 0.05) is 12.2 Å². The third-order valence-electron chi connectivity index (χ3n) is 2.39. The van der Waals surface area contributed by atoms with Crippen molar-refractivity contribution in [3.05, 3.63) is 29.3 Å². The average Bonchev–Trinajstić information content (AvgIpc) is 2.40. The van der Waals surface area contributed by atoms with Crippen molar-refractivity contribution in [2.75, 3.05) is 11.9 Å².